The lowest BCUT2D eigenvalue weighted by Gasteiger charge is -2.14. The van der Waals surface area contributed by atoms with E-state index in [1.54, 1.807) is 25.3 Å². The zero-order valence-corrected chi connectivity index (χ0v) is 13.1. The van der Waals surface area contributed by atoms with Gasteiger partial charge in [0.2, 0.25) is 0 Å². The molecule has 0 amide bonds. The smallest absolute Gasteiger partial charge is 0.171 e. The normalized spacial score (nSPS) is 10.1. The van der Waals surface area contributed by atoms with Crippen molar-refractivity contribution in [1.82, 2.24) is 0 Å². The highest BCUT2D eigenvalue weighted by molar-refractivity contribution is 5.81. The van der Waals surface area contributed by atoms with Crippen molar-refractivity contribution in [2.45, 2.75) is 13.8 Å². The largest absolute Gasteiger partial charge is 0.493 e. The Bertz CT molecular complexity index is 650. The number of hydrogen-bond acceptors (Lipinski definition) is 4. The number of hydrogen-bond donors (Lipinski definition) is 0. The number of aryl methyl sites for hydroxylation is 1. The standard InChI is InChI=1S/C18H20O4/c1-13-6-4-8-16(14(13)2)21-10-11-22-18-15(12-19)7-5-9-17(18)20-3/h4-9,12H,10-11H2,1-3H3. The monoisotopic (exact) mass is 300 g/mol. The number of carbonyl (C=O) groups excluding carboxylic acids is 1. The van der Waals surface area contributed by atoms with E-state index >= 15 is 0 Å². The molecule has 0 radical (unpaired) electrons. The quantitative estimate of drug-likeness (QED) is 0.579. The van der Waals surface area contributed by atoms with E-state index in [1.807, 2.05) is 32.0 Å². The molecule has 0 atom stereocenters. The van der Waals surface area contributed by atoms with Crippen LogP contribution in [0.3, 0.4) is 0 Å². The third kappa shape index (κ3) is 3.58. The van der Waals surface area contributed by atoms with Crippen molar-refractivity contribution in [3.63, 3.8) is 0 Å². The zero-order chi connectivity index (χ0) is 15.9. The van der Waals surface area contributed by atoms with Crippen LogP contribution >= 0.6 is 0 Å². The van der Waals surface area contributed by atoms with E-state index in [-0.39, 0.29) is 0 Å². The first-order chi connectivity index (χ1) is 10.7. The number of benzene rings is 2. The molecule has 0 heterocycles. The van der Waals surface area contributed by atoms with Crippen LogP contribution in [0.2, 0.25) is 0 Å². The SMILES string of the molecule is COc1cccc(C=O)c1OCCOc1cccc(C)c1C. The minimum atomic E-state index is 0.328. The summed E-state index contributed by atoms with van der Waals surface area (Å²) in [6, 6.07) is 11.1. The van der Waals surface area contributed by atoms with Crippen LogP contribution in [0.4, 0.5) is 0 Å². The van der Waals surface area contributed by atoms with Crippen molar-refractivity contribution < 1.29 is 19.0 Å². The van der Waals surface area contributed by atoms with E-state index in [0.29, 0.717) is 30.3 Å². The molecule has 0 saturated carbocycles. The molecule has 0 unspecified atom stereocenters. The molecule has 2 rings (SSSR count). The van der Waals surface area contributed by atoms with E-state index in [4.69, 9.17) is 14.2 Å². The van der Waals surface area contributed by atoms with Gasteiger partial charge in [0, 0.05) is 0 Å². The second-order valence-electron chi connectivity index (χ2n) is 4.89. The van der Waals surface area contributed by atoms with E-state index in [1.165, 1.54) is 5.56 Å². The van der Waals surface area contributed by atoms with E-state index in [0.717, 1.165) is 17.6 Å². The van der Waals surface area contributed by atoms with Crippen LogP contribution in [0.1, 0.15) is 21.5 Å². The fourth-order valence-electron chi connectivity index (χ4n) is 2.12. The molecule has 0 saturated heterocycles. The molecule has 0 aliphatic carbocycles. The maximum atomic E-state index is 11.1. The lowest BCUT2D eigenvalue weighted by atomic mass is 10.1. The predicted molar refractivity (Wildman–Crippen MR) is 85.3 cm³/mol. The van der Waals surface area contributed by atoms with Gasteiger partial charge in [-0.15, -0.1) is 0 Å². The van der Waals surface area contributed by atoms with Gasteiger partial charge in [-0.3, -0.25) is 4.79 Å². The molecule has 0 fully saturated rings. The fourth-order valence-corrected chi connectivity index (χ4v) is 2.12. The molecule has 2 aromatic rings. The fraction of sp³-hybridized carbons (Fsp3) is 0.278. The summed E-state index contributed by atoms with van der Waals surface area (Å²) >= 11 is 0. The summed E-state index contributed by atoms with van der Waals surface area (Å²) in [4.78, 5) is 11.1. The number of carbonyl (C=O) groups is 1. The molecule has 0 N–H and O–H groups in total. The highest BCUT2D eigenvalue weighted by Crippen LogP contribution is 2.30. The summed E-state index contributed by atoms with van der Waals surface area (Å²) in [6.45, 7) is 4.79. The van der Waals surface area contributed by atoms with Gasteiger partial charge in [0.25, 0.3) is 0 Å². The zero-order valence-electron chi connectivity index (χ0n) is 13.1. The lowest BCUT2D eigenvalue weighted by Crippen LogP contribution is -2.11. The Morgan fingerprint density at radius 1 is 0.955 bits per heavy atom. The summed E-state index contributed by atoms with van der Waals surface area (Å²) in [7, 11) is 1.55. The minimum Gasteiger partial charge on any atom is -0.493 e. The van der Waals surface area contributed by atoms with Gasteiger partial charge < -0.3 is 14.2 Å². The third-order valence-corrected chi connectivity index (χ3v) is 3.50. The number of methoxy groups -OCH3 is 1. The van der Waals surface area contributed by atoms with Crippen molar-refractivity contribution in [1.29, 1.82) is 0 Å². The third-order valence-electron chi connectivity index (χ3n) is 3.50. The Morgan fingerprint density at radius 2 is 1.64 bits per heavy atom. The Balaban J connectivity index is 1.97. The lowest BCUT2D eigenvalue weighted by molar-refractivity contribution is 0.111. The Kier molecular flexibility index (Phi) is 5.42. The van der Waals surface area contributed by atoms with Gasteiger partial charge in [0.1, 0.15) is 19.0 Å². The second kappa shape index (κ2) is 7.50. The van der Waals surface area contributed by atoms with Gasteiger partial charge in [-0.1, -0.05) is 18.2 Å². The van der Waals surface area contributed by atoms with Crippen LogP contribution in [0.15, 0.2) is 36.4 Å². The molecule has 22 heavy (non-hydrogen) atoms. The molecule has 0 spiro atoms. The van der Waals surface area contributed by atoms with Crippen LogP contribution in [-0.4, -0.2) is 26.6 Å². The minimum absolute atomic E-state index is 0.328. The first-order valence-corrected chi connectivity index (χ1v) is 7.11. The van der Waals surface area contributed by atoms with Gasteiger partial charge >= 0.3 is 0 Å². The summed E-state index contributed by atoms with van der Waals surface area (Å²) in [5, 5.41) is 0. The second-order valence-corrected chi connectivity index (χ2v) is 4.89. The molecule has 0 aliphatic rings. The van der Waals surface area contributed by atoms with E-state index in [9.17, 15) is 4.79 Å². The van der Waals surface area contributed by atoms with Crippen molar-refractivity contribution in [2.24, 2.45) is 0 Å². The van der Waals surface area contributed by atoms with Crippen molar-refractivity contribution in [2.75, 3.05) is 20.3 Å². The topological polar surface area (TPSA) is 44.8 Å². The van der Waals surface area contributed by atoms with E-state index < -0.39 is 0 Å². The van der Waals surface area contributed by atoms with Crippen LogP contribution in [0.5, 0.6) is 17.2 Å². The highest BCUT2D eigenvalue weighted by Gasteiger charge is 2.10. The van der Waals surface area contributed by atoms with Crippen molar-refractivity contribution >= 4 is 6.29 Å². The molecule has 4 nitrogen and oxygen atoms in total. The molecule has 0 aromatic heterocycles. The van der Waals surface area contributed by atoms with Gasteiger partial charge in [-0.2, -0.15) is 0 Å². The summed E-state index contributed by atoms with van der Waals surface area (Å²) in [5.41, 5.74) is 2.77. The van der Waals surface area contributed by atoms with Crippen molar-refractivity contribution in [3.05, 3.63) is 53.1 Å². The molecule has 0 bridgehead atoms. The average molecular weight is 300 g/mol. The Hall–Kier alpha value is -2.49. The number of para-hydroxylation sites is 1. The Labute approximate surface area is 130 Å². The van der Waals surface area contributed by atoms with Gasteiger partial charge in [-0.25, -0.2) is 0 Å². The number of aldehydes is 1. The maximum absolute atomic E-state index is 11.1. The first-order valence-electron chi connectivity index (χ1n) is 7.11. The predicted octanol–water partition coefficient (Wildman–Crippen LogP) is 3.58. The van der Waals surface area contributed by atoms with Crippen molar-refractivity contribution in [3.8, 4) is 17.2 Å². The molecular weight excluding hydrogens is 280 g/mol. The van der Waals surface area contributed by atoms with Gasteiger partial charge in [0.15, 0.2) is 17.8 Å². The highest BCUT2D eigenvalue weighted by atomic mass is 16.5. The molecule has 2 aromatic carbocycles. The summed E-state index contributed by atoms with van der Waals surface area (Å²) in [6.07, 6.45) is 0.753. The number of rotatable bonds is 7. The average Bonchev–Trinajstić information content (AvgIpc) is 2.55. The van der Waals surface area contributed by atoms with Crippen LogP contribution < -0.4 is 14.2 Å². The summed E-state index contributed by atoms with van der Waals surface area (Å²) in [5.74, 6) is 1.83. The first kappa shape index (κ1) is 15.9. The molecule has 116 valence electrons. The van der Waals surface area contributed by atoms with Gasteiger partial charge in [0.05, 0.1) is 12.7 Å². The maximum Gasteiger partial charge on any atom is 0.171 e. The van der Waals surface area contributed by atoms with E-state index in [2.05, 4.69) is 0 Å². The Morgan fingerprint density at radius 3 is 2.36 bits per heavy atom. The number of ether oxygens (including phenoxy) is 3. The van der Waals surface area contributed by atoms with Crippen LogP contribution in [-0.2, 0) is 0 Å². The molecular formula is C18H20O4. The molecule has 0 aliphatic heterocycles. The van der Waals surface area contributed by atoms with Crippen LogP contribution in [0, 0.1) is 13.8 Å². The summed E-state index contributed by atoms with van der Waals surface area (Å²) < 4.78 is 16.6. The van der Waals surface area contributed by atoms with Crippen LogP contribution in [0.25, 0.3) is 0 Å². The molecule has 4 heteroatoms. The van der Waals surface area contributed by atoms with Gasteiger partial charge in [-0.05, 0) is 43.2 Å².